The van der Waals surface area contributed by atoms with E-state index in [1.54, 1.807) is 19.9 Å². The number of nitrogens with one attached hydrogen (secondary N) is 1. The van der Waals surface area contributed by atoms with E-state index in [1.165, 1.54) is 18.2 Å². The monoisotopic (exact) mass is 296 g/mol. The van der Waals surface area contributed by atoms with Gasteiger partial charge in [0.1, 0.15) is 17.9 Å². The van der Waals surface area contributed by atoms with Crippen molar-refractivity contribution in [3.63, 3.8) is 0 Å². The number of nitrogens with zero attached hydrogens (tertiary/aromatic N) is 1. The van der Waals surface area contributed by atoms with E-state index in [0.29, 0.717) is 12.3 Å². The number of nitro groups is 1. The van der Waals surface area contributed by atoms with Gasteiger partial charge in [0.2, 0.25) is 0 Å². The molecule has 7 heteroatoms. The number of esters is 1. The molecule has 1 rings (SSSR count). The van der Waals surface area contributed by atoms with Crippen molar-refractivity contribution >= 4 is 11.7 Å². The molecule has 7 nitrogen and oxygen atoms in total. The van der Waals surface area contributed by atoms with Gasteiger partial charge < -0.3 is 9.47 Å². The molecule has 116 valence electrons. The number of carbonyl (C=O) groups is 1. The Hall–Kier alpha value is -2.15. The highest BCUT2D eigenvalue weighted by Gasteiger charge is 2.35. The molecule has 0 aliphatic carbocycles. The molecule has 1 N–H and O–H groups in total. The number of nitro benzene ring substituents is 1. The predicted octanol–water partition coefficient (Wildman–Crippen LogP) is 1.90. The van der Waals surface area contributed by atoms with Gasteiger partial charge in [-0.3, -0.25) is 15.4 Å². The molecule has 0 spiro atoms. The standard InChI is InChI=1S/C14H20N2O5/c1-4-15-14(3,13(17)20-5-2)10-21-12-8-6-7-11(9-12)16(18)19/h6-9,15H,4-5,10H2,1-3H3. The first kappa shape index (κ1) is 16.9. The fourth-order valence-corrected chi connectivity index (χ4v) is 1.78. The third kappa shape index (κ3) is 4.71. The molecular weight excluding hydrogens is 276 g/mol. The molecule has 0 aromatic heterocycles. The Morgan fingerprint density at radius 1 is 1.43 bits per heavy atom. The maximum Gasteiger partial charge on any atom is 0.329 e. The smallest absolute Gasteiger partial charge is 0.329 e. The van der Waals surface area contributed by atoms with Crippen molar-refractivity contribution in [2.24, 2.45) is 0 Å². The zero-order chi connectivity index (χ0) is 15.9. The van der Waals surface area contributed by atoms with Crippen LogP contribution in [0.15, 0.2) is 24.3 Å². The molecule has 0 bridgehead atoms. The summed E-state index contributed by atoms with van der Waals surface area (Å²) in [6.45, 7) is 6.12. The Labute approximate surface area is 123 Å². The van der Waals surface area contributed by atoms with Crippen LogP contribution in [-0.2, 0) is 9.53 Å². The van der Waals surface area contributed by atoms with Crippen LogP contribution < -0.4 is 10.1 Å². The maximum absolute atomic E-state index is 12.0. The van der Waals surface area contributed by atoms with E-state index >= 15 is 0 Å². The first-order valence-corrected chi connectivity index (χ1v) is 6.72. The van der Waals surface area contributed by atoms with Crippen LogP contribution in [0.25, 0.3) is 0 Å². The van der Waals surface area contributed by atoms with Crippen LogP contribution >= 0.6 is 0 Å². The van der Waals surface area contributed by atoms with Crippen molar-refractivity contribution in [1.29, 1.82) is 0 Å². The molecule has 0 amide bonds. The molecule has 1 aromatic carbocycles. The van der Waals surface area contributed by atoms with Crippen LogP contribution in [0.2, 0.25) is 0 Å². The lowest BCUT2D eigenvalue weighted by Gasteiger charge is -2.27. The molecule has 21 heavy (non-hydrogen) atoms. The summed E-state index contributed by atoms with van der Waals surface area (Å²) in [5, 5.41) is 13.7. The second kappa shape index (κ2) is 7.58. The highest BCUT2D eigenvalue weighted by molar-refractivity contribution is 5.80. The van der Waals surface area contributed by atoms with Crippen molar-refractivity contribution in [3.05, 3.63) is 34.4 Å². The summed E-state index contributed by atoms with van der Waals surface area (Å²) in [6, 6.07) is 5.83. The van der Waals surface area contributed by atoms with Crippen molar-refractivity contribution in [2.45, 2.75) is 26.3 Å². The van der Waals surface area contributed by atoms with Crippen LogP contribution in [0, 0.1) is 10.1 Å². The van der Waals surface area contributed by atoms with Crippen LogP contribution in [0.5, 0.6) is 5.75 Å². The highest BCUT2D eigenvalue weighted by Crippen LogP contribution is 2.20. The minimum Gasteiger partial charge on any atom is -0.491 e. The van der Waals surface area contributed by atoms with E-state index in [2.05, 4.69) is 5.32 Å². The van der Waals surface area contributed by atoms with Crippen molar-refractivity contribution in [1.82, 2.24) is 5.32 Å². The molecule has 1 atom stereocenters. The third-order valence-corrected chi connectivity index (χ3v) is 2.85. The molecule has 1 aromatic rings. The number of carbonyl (C=O) groups excluding carboxylic acids is 1. The second-order valence-corrected chi connectivity index (χ2v) is 4.63. The third-order valence-electron chi connectivity index (χ3n) is 2.85. The number of hydrogen-bond acceptors (Lipinski definition) is 6. The van der Waals surface area contributed by atoms with Gasteiger partial charge in [-0.15, -0.1) is 0 Å². The number of non-ortho nitro benzene ring substituents is 1. The summed E-state index contributed by atoms with van der Waals surface area (Å²) in [5.41, 5.74) is -1.07. The van der Waals surface area contributed by atoms with Gasteiger partial charge in [0.25, 0.3) is 5.69 Å². The van der Waals surface area contributed by atoms with Gasteiger partial charge in [-0.1, -0.05) is 13.0 Å². The molecule has 0 radical (unpaired) electrons. The molecule has 0 aliphatic heterocycles. The summed E-state index contributed by atoms with van der Waals surface area (Å²) in [5.74, 6) is -0.0880. The van der Waals surface area contributed by atoms with Gasteiger partial charge in [-0.05, 0) is 26.5 Å². The van der Waals surface area contributed by atoms with Crippen LogP contribution in [-0.4, -0.2) is 36.2 Å². The molecule has 1 unspecified atom stereocenters. The lowest BCUT2D eigenvalue weighted by Crippen LogP contribution is -2.54. The number of hydrogen-bond donors (Lipinski definition) is 1. The Morgan fingerprint density at radius 2 is 2.14 bits per heavy atom. The first-order valence-electron chi connectivity index (χ1n) is 6.72. The van der Waals surface area contributed by atoms with Gasteiger partial charge in [-0.2, -0.15) is 0 Å². The largest absolute Gasteiger partial charge is 0.491 e. The fourth-order valence-electron chi connectivity index (χ4n) is 1.78. The molecule has 0 saturated carbocycles. The normalized spacial score (nSPS) is 13.3. The lowest BCUT2D eigenvalue weighted by atomic mass is 10.0. The summed E-state index contributed by atoms with van der Waals surface area (Å²) < 4.78 is 10.5. The van der Waals surface area contributed by atoms with E-state index < -0.39 is 16.4 Å². The molecule has 0 fully saturated rings. The van der Waals surface area contributed by atoms with Crippen molar-refractivity contribution in [2.75, 3.05) is 19.8 Å². The van der Waals surface area contributed by atoms with E-state index in [1.807, 2.05) is 6.92 Å². The van der Waals surface area contributed by atoms with Gasteiger partial charge >= 0.3 is 5.97 Å². The average Bonchev–Trinajstić information content (AvgIpc) is 2.46. The van der Waals surface area contributed by atoms with Crippen LogP contribution in [0.3, 0.4) is 0 Å². The molecule has 0 aliphatic rings. The van der Waals surface area contributed by atoms with E-state index in [4.69, 9.17) is 9.47 Å². The number of likely N-dealkylation sites (N-methyl/N-ethyl adjacent to an activating group) is 1. The quantitative estimate of drug-likeness (QED) is 0.447. The van der Waals surface area contributed by atoms with Gasteiger partial charge in [0.15, 0.2) is 0 Å². The first-order chi connectivity index (χ1) is 9.92. The fraction of sp³-hybridized carbons (Fsp3) is 0.500. The van der Waals surface area contributed by atoms with Crippen molar-refractivity contribution in [3.8, 4) is 5.75 Å². The van der Waals surface area contributed by atoms with Gasteiger partial charge in [0.05, 0.1) is 17.6 Å². The van der Waals surface area contributed by atoms with Crippen LogP contribution in [0.4, 0.5) is 5.69 Å². The highest BCUT2D eigenvalue weighted by atomic mass is 16.6. The average molecular weight is 296 g/mol. The Balaban J connectivity index is 2.79. The van der Waals surface area contributed by atoms with E-state index in [9.17, 15) is 14.9 Å². The zero-order valence-corrected chi connectivity index (χ0v) is 12.4. The summed E-state index contributed by atoms with van der Waals surface area (Å²) in [6.07, 6.45) is 0. The Morgan fingerprint density at radius 3 is 2.71 bits per heavy atom. The number of benzene rings is 1. The van der Waals surface area contributed by atoms with Crippen molar-refractivity contribution < 1.29 is 19.2 Å². The van der Waals surface area contributed by atoms with Crippen LogP contribution in [0.1, 0.15) is 20.8 Å². The minimum atomic E-state index is -1.00. The number of rotatable bonds is 8. The summed E-state index contributed by atoms with van der Waals surface area (Å²) in [4.78, 5) is 22.2. The van der Waals surface area contributed by atoms with Gasteiger partial charge in [0, 0.05) is 6.07 Å². The molecule has 0 saturated heterocycles. The zero-order valence-electron chi connectivity index (χ0n) is 12.4. The minimum absolute atomic E-state index is 0.0147. The Kier molecular flexibility index (Phi) is 6.10. The van der Waals surface area contributed by atoms with E-state index in [0.717, 1.165) is 0 Å². The molecule has 0 heterocycles. The predicted molar refractivity (Wildman–Crippen MR) is 77.3 cm³/mol. The lowest BCUT2D eigenvalue weighted by molar-refractivity contribution is -0.384. The SMILES string of the molecule is CCNC(C)(COc1cccc([N+](=O)[O-])c1)C(=O)OCC. The van der Waals surface area contributed by atoms with Gasteiger partial charge in [-0.25, -0.2) is 4.79 Å². The summed E-state index contributed by atoms with van der Waals surface area (Å²) >= 11 is 0. The topological polar surface area (TPSA) is 90.7 Å². The second-order valence-electron chi connectivity index (χ2n) is 4.63. The molecular formula is C14H20N2O5. The maximum atomic E-state index is 12.0. The van der Waals surface area contributed by atoms with E-state index in [-0.39, 0.29) is 18.9 Å². The Bertz CT molecular complexity index is 506. The summed E-state index contributed by atoms with van der Waals surface area (Å²) in [7, 11) is 0. The number of ether oxygens (including phenoxy) is 2.